The summed E-state index contributed by atoms with van der Waals surface area (Å²) in [5.74, 6) is -0.389. The van der Waals surface area contributed by atoms with Gasteiger partial charge in [-0.2, -0.15) is 0 Å². The van der Waals surface area contributed by atoms with Crippen LogP contribution >= 0.6 is 11.3 Å². The summed E-state index contributed by atoms with van der Waals surface area (Å²) in [6.07, 6.45) is 0.848. The highest BCUT2D eigenvalue weighted by Crippen LogP contribution is 2.34. The van der Waals surface area contributed by atoms with Crippen molar-refractivity contribution in [3.63, 3.8) is 0 Å². The number of carbonyl (C=O) groups is 3. The van der Waals surface area contributed by atoms with Crippen molar-refractivity contribution in [1.29, 1.82) is 0 Å². The van der Waals surface area contributed by atoms with Crippen molar-refractivity contribution in [2.45, 2.75) is 24.9 Å². The Balaban J connectivity index is 1.52. The zero-order chi connectivity index (χ0) is 18.1. The van der Waals surface area contributed by atoms with Crippen LogP contribution in [0.2, 0.25) is 0 Å². The van der Waals surface area contributed by atoms with Crippen LogP contribution in [0.3, 0.4) is 0 Å². The molecule has 1 spiro atoms. The second-order valence-corrected chi connectivity index (χ2v) is 7.25. The smallest absolute Gasteiger partial charge is 0.325 e. The number of nitrogens with zero attached hydrogens (tertiary/aromatic N) is 3. The average molecular weight is 370 g/mol. The molecule has 3 heterocycles. The SMILES string of the molecule is O=C(c1cscn1)N1CCC2(CC1)C(=O)NC(=O)N2Cc1ccccc1. The van der Waals surface area contributed by atoms with Crippen LogP contribution in [0, 0.1) is 0 Å². The predicted molar refractivity (Wildman–Crippen MR) is 95.5 cm³/mol. The maximum absolute atomic E-state index is 12.6. The van der Waals surface area contributed by atoms with Crippen molar-refractivity contribution < 1.29 is 14.4 Å². The van der Waals surface area contributed by atoms with E-state index in [2.05, 4.69) is 10.3 Å². The summed E-state index contributed by atoms with van der Waals surface area (Å²) in [4.78, 5) is 44.8. The van der Waals surface area contributed by atoms with Crippen LogP contribution in [-0.4, -0.2) is 51.3 Å². The normalized spacial score (nSPS) is 19.1. The van der Waals surface area contributed by atoms with E-state index in [1.54, 1.807) is 20.7 Å². The number of piperidine rings is 1. The largest absolute Gasteiger partial charge is 0.337 e. The van der Waals surface area contributed by atoms with E-state index in [4.69, 9.17) is 0 Å². The lowest BCUT2D eigenvalue weighted by atomic mass is 9.85. The van der Waals surface area contributed by atoms with Crippen LogP contribution in [0.25, 0.3) is 0 Å². The monoisotopic (exact) mass is 370 g/mol. The van der Waals surface area contributed by atoms with Crippen molar-refractivity contribution in [2.75, 3.05) is 13.1 Å². The molecule has 1 aromatic heterocycles. The van der Waals surface area contributed by atoms with E-state index in [-0.39, 0.29) is 17.8 Å². The van der Waals surface area contributed by atoms with E-state index < -0.39 is 5.54 Å². The number of urea groups is 1. The quantitative estimate of drug-likeness (QED) is 0.836. The molecule has 7 nitrogen and oxygen atoms in total. The maximum atomic E-state index is 12.6. The fraction of sp³-hybridized carbons (Fsp3) is 0.333. The maximum Gasteiger partial charge on any atom is 0.325 e. The molecule has 4 amide bonds. The first-order chi connectivity index (χ1) is 12.6. The first-order valence-corrected chi connectivity index (χ1v) is 9.39. The molecule has 26 heavy (non-hydrogen) atoms. The summed E-state index contributed by atoms with van der Waals surface area (Å²) in [7, 11) is 0. The molecule has 2 aliphatic heterocycles. The molecule has 1 N–H and O–H groups in total. The van der Waals surface area contributed by atoms with Gasteiger partial charge in [-0.25, -0.2) is 9.78 Å². The van der Waals surface area contributed by atoms with Gasteiger partial charge in [0, 0.05) is 25.0 Å². The van der Waals surface area contributed by atoms with Gasteiger partial charge < -0.3 is 9.80 Å². The van der Waals surface area contributed by atoms with Gasteiger partial charge in [0.2, 0.25) is 0 Å². The molecule has 1 aromatic carbocycles. The Kier molecular flexibility index (Phi) is 4.20. The van der Waals surface area contributed by atoms with Crippen molar-refractivity contribution >= 4 is 29.2 Å². The molecule has 0 radical (unpaired) electrons. The van der Waals surface area contributed by atoms with Crippen molar-refractivity contribution in [2.24, 2.45) is 0 Å². The molecule has 0 saturated carbocycles. The predicted octanol–water partition coefficient (Wildman–Crippen LogP) is 1.87. The van der Waals surface area contributed by atoms with Crippen molar-refractivity contribution in [3.05, 3.63) is 52.5 Å². The fourth-order valence-electron chi connectivity index (χ4n) is 3.64. The number of amides is 4. The lowest BCUT2D eigenvalue weighted by Crippen LogP contribution is -2.57. The molecule has 2 aliphatic rings. The number of thiazole rings is 1. The Hall–Kier alpha value is -2.74. The Morgan fingerprint density at radius 1 is 1.19 bits per heavy atom. The molecule has 0 bridgehead atoms. The van der Waals surface area contributed by atoms with Gasteiger partial charge in [-0.15, -0.1) is 11.3 Å². The standard InChI is InChI=1S/C18H18N4O3S/c23-15(14-11-26-12-19-14)21-8-6-18(7-9-21)16(24)20-17(25)22(18)10-13-4-2-1-3-5-13/h1-5,11-12H,6-10H2,(H,20,24,25). The van der Waals surface area contributed by atoms with Gasteiger partial charge in [-0.1, -0.05) is 30.3 Å². The third-order valence-electron chi connectivity index (χ3n) is 5.12. The van der Waals surface area contributed by atoms with Crippen LogP contribution in [0.5, 0.6) is 0 Å². The highest BCUT2D eigenvalue weighted by molar-refractivity contribution is 7.07. The van der Waals surface area contributed by atoms with Gasteiger partial charge in [0.1, 0.15) is 11.2 Å². The summed E-state index contributed by atoms with van der Waals surface area (Å²) in [6, 6.07) is 9.24. The molecule has 2 fully saturated rings. The van der Waals surface area contributed by atoms with E-state index >= 15 is 0 Å². The van der Waals surface area contributed by atoms with Gasteiger partial charge in [-0.05, 0) is 18.4 Å². The summed E-state index contributed by atoms with van der Waals surface area (Å²) >= 11 is 1.38. The second kappa shape index (κ2) is 6.53. The Labute approximate surface area is 154 Å². The highest BCUT2D eigenvalue weighted by atomic mass is 32.1. The van der Waals surface area contributed by atoms with E-state index in [0.717, 1.165) is 5.56 Å². The third-order valence-corrected chi connectivity index (χ3v) is 5.70. The number of hydrogen-bond donors (Lipinski definition) is 1. The summed E-state index contributed by atoms with van der Waals surface area (Å²) in [5.41, 5.74) is 2.14. The number of imide groups is 1. The van der Waals surface area contributed by atoms with Crippen LogP contribution in [0.4, 0.5) is 4.79 Å². The first-order valence-electron chi connectivity index (χ1n) is 8.45. The number of nitrogens with one attached hydrogen (secondary N) is 1. The Morgan fingerprint density at radius 2 is 1.92 bits per heavy atom. The minimum atomic E-state index is -0.883. The summed E-state index contributed by atoms with van der Waals surface area (Å²) in [5, 5.41) is 4.18. The van der Waals surface area contributed by atoms with E-state index in [0.29, 0.717) is 38.2 Å². The average Bonchev–Trinajstić information content (AvgIpc) is 3.27. The molecule has 2 saturated heterocycles. The Bertz CT molecular complexity index is 829. The summed E-state index contributed by atoms with van der Waals surface area (Å²) < 4.78 is 0. The molecule has 0 atom stereocenters. The topological polar surface area (TPSA) is 82.6 Å². The molecule has 0 aliphatic carbocycles. The molecular weight excluding hydrogens is 352 g/mol. The zero-order valence-corrected chi connectivity index (χ0v) is 14.9. The lowest BCUT2D eigenvalue weighted by Gasteiger charge is -2.42. The minimum absolute atomic E-state index is 0.125. The van der Waals surface area contributed by atoms with Crippen LogP contribution in [0.1, 0.15) is 28.9 Å². The van der Waals surface area contributed by atoms with E-state index in [9.17, 15) is 14.4 Å². The fourth-order valence-corrected chi connectivity index (χ4v) is 4.17. The molecule has 0 unspecified atom stereocenters. The van der Waals surface area contributed by atoms with Gasteiger partial charge in [0.25, 0.3) is 11.8 Å². The number of likely N-dealkylation sites (tertiary alicyclic amines) is 1. The van der Waals surface area contributed by atoms with Crippen molar-refractivity contribution in [1.82, 2.24) is 20.1 Å². The number of rotatable bonds is 3. The number of benzene rings is 1. The van der Waals surface area contributed by atoms with E-state index in [1.807, 2.05) is 30.3 Å². The molecule has 134 valence electrons. The van der Waals surface area contributed by atoms with E-state index in [1.165, 1.54) is 11.3 Å². The Morgan fingerprint density at radius 3 is 2.58 bits per heavy atom. The molecular formula is C18H18N4O3S. The minimum Gasteiger partial charge on any atom is -0.337 e. The van der Waals surface area contributed by atoms with Crippen LogP contribution in [0.15, 0.2) is 41.2 Å². The zero-order valence-electron chi connectivity index (χ0n) is 14.1. The number of hydrogen-bond acceptors (Lipinski definition) is 5. The molecule has 4 rings (SSSR count). The third kappa shape index (κ3) is 2.76. The van der Waals surface area contributed by atoms with Gasteiger partial charge >= 0.3 is 6.03 Å². The van der Waals surface area contributed by atoms with Gasteiger partial charge in [-0.3, -0.25) is 14.9 Å². The number of aromatic nitrogens is 1. The second-order valence-electron chi connectivity index (χ2n) is 6.53. The lowest BCUT2D eigenvalue weighted by molar-refractivity contribution is -0.129. The van der Waals surface area contributed by atoms with Crippen LogP contribution < -0.4 is 5.32 Å². The molecule has 8 heteroatoms. The first kappa shape index (κ1) is 16.7. The highest BCUT2D eigenvalue weighted by Gasteiger charge is 2.54. The molecule has 2 aromatic rings. The van der Waals surface area contributed by atoms with Gasteiger partial charge in [0.05, 0.1) is 5.51 Å². The summed E-state index contributed by atoms with van der Waals surface area (Å²) in [6.45, 7) is 1.21. The van der Waals surface area contributed by atoms with Crippen LogP contribution in [-0.2, 0) is 11.3 Å². The number of carbonyl (C=O) groups excluding carboxylic acids is 3. The van der Waals surface area contributed by atoms with Gasteiger partial charge in [0.15, 0.2) is 0 Å². The van der Waals surface area contributed by atoms with Crippen molar-refractivity contribution in [3.8, 4) is 0 Å².